The molecule has 0 amide bonds. The summed E-state index contributed by atoms with van der Waals surface area (Å²) in [6, 6.07) is 10.4. The summed E-state index contributed by atoms with van der Waals surface area (Å²) in [5.41, 5.74) is 2.17. The number of nitrogens with one attached hydrogen (secondary N) is 1. The summed E-state index contributed by atoms with van der Waals surface area (Å²) in [5, 5.41) is 10.7. The first kappa shape index (κ1) is 23.3. The molecule has 0 aliphatic carbocycles. The van der Waals surface area contributed by atoms with Crippen molar-refractivity contribution in [3.63, 3.8) is 0 Å². The van der Waals surface area contributed by atoms with Gasteiger partial charge in [0.15, 0.2) is 5.16 Å². The first-order valence-electron chi connectivity index (χ1n) is 11.8. The quantitative estimate of drug-likeness (QED) is 0.361. The Labute approximate surface area is 207 Å². The summed E-state index contributed by atoms with van der Waals surface area (Å²) in [6.07, 6.45) is 3.80. The molecule has 178 valence electrons. The maximum Gasteiger partial charge on any atom is 0.259 e. The van der Waals surface area contributed by atoms with E-state index in [0.29, 0.717) is 11.2 Å². The van der Waals surface area contributed by atoms with Crippen LogP contribution in [0.15, 0.2) is 40.3 Å². The molecule has 34 heavy (non-hydrogen) atoms. The van der Waals surface area contributed by atoms with Gasteiger partial charge in [0.2, 0.25) is 0 Å². The second kappa shape index (κ2) is 10.0. The van der Waals surface area contributed by atoms with E-state index in [4.69, 9.17) is 4.98 Å². The molecule has 5 rings (SSSR count). The second-order valence-electron chi connectivity index (χ2n) is 8.98. The number of nitrogens with zero attached hydrogens (tertiary/aromatic N) is 5. The number of benzene rings is 1. The van der Waals surface area contributed by atoms with Crippen LogP contribution >= 0.6 is 23.1 Å². The van der Waals surface area contributed by atoms with E-state index < -0.39 is 0 Å². The molecule has 0 spiro atoms. The Morgan fingerprint density at radius 3 is 2.62 bits per heavy atom. The topological polar surface area (TPSA) is 79.7 Å². The van der Waals surface area contributed by atoms with Crippen molar-refractivity contribution >= 4 is 33.3 Å². The first-order chi connectivity index (χ1) is 16.5. The van der Waals surface area contributed by atoms with Gasteiger partial charge in [0, 0.05) is 4.88 Å². The Kier molecular flexibility index (Phi) is 6.85. The standard InChI is InChI=1S/C25H30N6OS2/c1-16-17(2)33-24-21(16)23(32)26-22(27-24)18(3)34-25-29-28-20(15-30-12-8-5-9-13-30)31(25)14-19-10-6-4-7-11-19/h4,6-7,10-11,18H,5,8-9,12-15H2,1-3H3,(H,26,27,32). The molecular weight excluding hydrogens is 464 g/mol. The van der Waals surface area contributed by atoms with Gasteiger partial charge in [-0.25, -0.2) is 4.98 Å². The van der Waals surface area contributed by atoms with Gasteiger partial charge in [-0.15, -0.1) is 21.5 Å². The molecule has 7 nitrogen and oxygen atoms in total. The molecule has 0 saturated carbocycles. The fourth-order valence-electron chi connectivity index (χ4n) is 4.44. The number of H-pyrrole nitrogens is 1. The van der Waals surface area contributed by atoms with E-state index in [2.05, 4.69) is 55.8 Å². The summed E-state index contributed by atoms with van der Waals surface area (Å²) >= 11 is 3.18. The second-order valence-corrected chi connectivity index (χ2v) is 11.5. The van der Waals surface area contributed by atoms with E-state index in [1.54, 1.807) is 23.1 Å². The largest absolute Gasteiger partial charge is 0.309 e. The number of piperidine rings is 1. The minimum Gasteiger partial charge on any atom is -0.309 e. The van der Waals surface area contributed by atoms with Gasteiger partial charge in [0.25, 0.3) is 5.56 Å². The molecule has 1 saturated heterocycles. The maximum atomic E-state index is 12.8. The van der Waals surface area contributed by atoms with Crippen molar-refractivity contribution in [1.29, 1.82) is 0 Å². The number of thioether (sulfide) groups is 1. The molecule has 4 heterocycles. The van der Waals surface area contributed by atoms with Gasteiger partial charge in [-0.05, 0) is 57.8 Å². The van der Waals surface area contributed by atoms with Crippen molar-refractivity contribution in [2.24, 2.45) is 0 Å². The van der Waals surface area contributed by atoms with Crippen molar-refractivity contribution in [2.75, 3.05) is 13.1 Å². The molecule has 1 unspecified atom stereocenters. The van der Waals surface area contributed by atoms with Gasteiger partial charge >= 0.3 is 0 Å². The lowest BCUT2D eigenvalue weighted by molar-refractivity contribution is 0.213. The van der Waals surface area contributed by atoms with Crippen molar-refractivity contribution in [3.8, 4) is 0 Å². The number of hydrogen-bond donors (Lipinski definition) is 1. The predicted molar refractivity (Wildman–Crippen MR) is 139 cm³/mol. The molecule has 1 fully saturated rings. The summed E-state index contributed by atoms with van der Waals surface area (Å²) in [5.74, 6) is 1.66. The number of likely N-dealkylation sites (tertiary alicyclic amines) is 1. The Morgan fingerprint density at radius 1 is 1.09 bits per heavy atom. The zero-order chi connectivity index (χ0) is 23.7. The van der Waals surface area contributed by atoms with Crippen LogP contribution in [-0.2, 0) is 13.1 Å². The highest BCUT2D eigenvalue weighted by Crippen LogP contribution is 2.34. The van der Waals surface area contributed by atoms with Crippen LogP contribution in [-0.4, -0.2) is 42.7 Å². The van der Waals surface area contributed by atoms with Gasteiger partial charge in [-0.1, -0.05) is 48.5 Å². The molecule has 1 aromatic carbocycles. The molecule has 1 atom stereocenters. The normalized spacial score (nSPS) is 15.7. The van der Waals surface area contributed by atoms with Crippen LogP contribution < -0.4 is 5.56 Å². The summed E-state index contributed by atoms with van der Waals surface area (Å²) in [6.45, 7) is 9.84. The minimum atomic E-state index is -0.0682. The molecule has 1 aliphatic heterocycles. The summed E-state index contributed by atoms with van der Waals surface area (Å²) in [4.78, 5) is 25.0. The van der Waals surface area contributed by atoms with Gasteiger partial charge in [0.05, 0.1) is 23.7 Å². The van der Waals surface area contributed by atoms with E-state index >= 15 is 0 Å². The number of fused-ring (bicyclic) bond motifs is 1. The van der Waals surface area contributed by atoms with E-state index in [0.717, 1.165) is 52.4 Å². The number of hydrogen-bond acceptors (Lipinski definition) is 7. The van der Waals surface area contributed by atoms with Crippen LogP contribution in [0.25, 0.3) is 10.2 Å². The molecule has 3 aromatic heterocycles. The molecule has 1 N–H and O–H groups in total. The Balaban J connectivity index is 1.44. The summed E-state index contributed by atoms with van der Waals surface area (Å²) < 4.78 is 2.22. The van der Waals surface area contributed by atoms with Crippen molar-refractivity contribution in [1.82, 2.24) is 29.6 Å². The van der Waals surface area contributed by atoms with Crippen LogP contribution in [0.2, 0.25) is 0 Å². The Hall–Kier alpha value is -2.49. The number of aromatic nitrogens is 5. The highest BCUT2D eigenvalue weighted by molar-refractivity contribution is 7.99. The molecule has 0 radical (unpaired) electrons. The highest BCUT2D eigenvalue weighted by atomic mass is 32.2. The van der Waals surface area contributed by atoms with Gasteiger partial charge in [-0.3, -0.25) is 9.69 Å². The fraction of sp³-hybridized carbons (Fsp3) is 0.440. The molecule has 4 aromatic rings. The Bertz CT molecular complexity index is 1340. The third kappa shape index (κ3) is 4.82. The van der Waals surface area contributed by atoms with Crippen molar-refractivity contribution in [2.45, 2.75) is 63.5 Å². The smallest absolute Gasteiger partial charge is 0.259 e. The van der Waals surface area contributed by atoms with E-state index in [1.807, 2.05) is 19.9 Å². The number of rotatable bonds is 7. The third-order valence-corrected chi connectivity index (χ3v) is 8.71. The zero-order valence-electron chi connectivity index (χ0n) is 19.9. The van der Waals surface area contributed by atoms with Gasteiger partial charge in [0.1, 0.15) is 16.5 Å². The van der Waals surface area contributed by atoms with E-state index in [-0.39, 0.29) is 10.8 Å². The van der Waals surface area contributed by atoms with Crippen LogP contribution in [0, 0.1) is 13.8 Å². The molecule has 9 heteroatoms. The lowest BCUT2D eigenvalue weighted by Crippen LogP contribution is -2.30. The lowest BCUT2D eigenvalue weighted by atomic mass is 10.1. The van der Waals surface area contributed by atoms with Gasteiger partial charge in [-0.2, -0.15) is 0 Å². The number of aryl methyl sites for hydroxylation is 2. The average Bonchev–Trinajstić information content (AvgIpc) is 3.34. The van der Waals surface area contributed by atoms with Crippen molar-refractivity contribution < 1.29 is 0 Å². The number of thiophene rings is 1. The SMILES string of the molecule is Cc1sc2nc(C(C)Sc3nnc(CN4CCCCC4)n3Cc3ccccc3)[nH]c(=O)c2c1C. The third-order valence-electron chi connectivity index (χ3n) is 6.52. The van der Waals surface area contributed by atoms with Crippen LogP contribution in [0.4, 0.5) is 0 Å². The van der Waals surface area contributed by atoms with Crippen LogP contribution in [0.3, 0.4) is 0 Å². The van der Waals surface area contributed by atoms with Gasteiger partial charge < -0.3 is 9.55 Å². The highest BCUT2D eigenvalue weighted by Gasteiger charge is 2.22. The Morgan fingerprint density at radius 2 is 1.85 bits per heavy atom. The lowest BCUT2D eigenvalue weighted by Gasteiger charge is -2.26. The molecule has 0 bridgehead atoms. The predicted octanol–water partition coefficient (Wildman–Crippen LogP) is 5.08. The fourth-order valence-corrected chi connectivity index (χ4v) is 6.40. The van der Waals surface area contributed by atoms with E-state index in [1.165, 1.54) is 24.8 Å². The van der Waals surface area contributed by atoms with Crippen molar-refractivity contribution in [3.05, 3.63) is 68.3 Å². The minimum absolute atomic E-state index is 0.0640. The monoisotopic (exact) mass is 494 g/mol. The van der Waals surface area contributed by atoms with Crippen LogP contribution in [0.5, 0.6) is 0 Å². The first-order valence-corrected chi connectivity index (χ1v) is 13.5. The molecule has 1 aliphatic rings. The average molecular weight is 495 g/mol. The van der Waals surface area contributed by atoms with Crippen LogP contribution in [0.1, 0.15) is 59.1 Å². The number of aromatic amines is 1. The summed E-state index contributed by atoms with van der Waals surface area (Å²) in [7, 11) is 0. The molecular formula is C25H30N6OS2. The maximum absolute atomic E-state index is 12.8. The van der Waals surface area contributed by atoms with E-state index in [9.17, 15) is 4.79 Å². The zero-order valence-corrected chi connectivity index (χ0v) is 21.5.